The number of ether oxygens (including phenoxy) is 1. The van der Waals surface area contributed by atoms with Gasteiger partial charge in [-0.15, -0.1) is 0 Å². The lowest BCUT2D eigenvalue weighted by Crippen LogP contribution is -2.41. The average molecular weight is 697 g/mol. The van der Waals surface area contributed by atoms with E-state index in [2.05, 4.69) is 78.4 Å². The summed E-state index contributed by atoms with van der Waals surface area (Å²) in [6.45, 7) is 24.9. The maximum atomic E-state index is 13.7. The van der Waals surface area contributed by atoms with Crippen LogP contribution in [0.25, 0.3) is 6.08 Å². The van der Waals surface area contributed by atoms with Crippen LogP contribution in [0.15, 0.2) is 48.5 Å². The monoisotopic (exact) mass is 696 g/mol. The van der Waals surface area contributed by atoms with Crippen LogP contribution in [-0.4, -0.2) is 59.9 Å². The Hall–Kier alpha value is -2.93. The third-order valence-corrected chi connectivity index (χ3v) is 19.2. The summed E-state index contributed by atoms with van der Waals surface area (Å²) >= 11 is 0. The zero-order valence-electron chi connectivity index (χ0n) is 31.0. The molecule has 10 heteroatoms. The van der Waals surface area contributed by atoms with Gasteiger partial charge in [-0.25, -0.2) is 0 Å². The molecule has 0 fully saturated rings. The molecule has 0 spiro atoms. The molecule has 2 amide bonds. The molecule has 1 heterocycles. The van der Waals surface area contributed by atoms with E-state index in [1.165, 1.54) is 6.08 Å². The predicted molar refractivity (Wildman–Crippen MR) is 200 cm³/mol. The number of benzene rings is 2. The van der Waals surface area contributed by atoms with Crippen LogP contribution in [0.2, 0.25) is 36.3 Å². The van der Waals surface area contributed by atoms with Gasteiger partial charge in [-0.3, -0.25) is 9.59 Å². The van der Waals surface area contributed by atoms with Crippen LogP contribution >= 0.6 is 0 Å². The summed E-state index contributed by atoms with van der Waals surface area (Å²) in [5, 5.41) is 16.3. The number of unbranched alkanes of at least 4 members (excludes halogenated alkanes) is 2. The smallest absolute Gasteiger partial charge is 0.243 e. The van der Waals surface area contributed by atoms with E-state index < -0.39 is 28.7 Å². The molecule has 0 unspecified atom stereocenters. The van der Waals surface area contributed by atoms with Crippen LogP contribution in [0.5, 0.6) is 11.5 Å². The first-order valence-electron chi connectivity index (χ1n) is 17.4. The Labute approximate surface area is 291 Å². The van der Waals surface area contributed by atoms with Crippen LogP contribution in [-0.2, 0) is 18.4 Å². The van der Waals surface area contributed by atoms with Crippen LogP contribution in [0, 0.1) is 0 Å². The van der Waals surface area contributed by atoms with Crippen LogP contribution in [0.4, 0.5) is 0 Å². The van der Waals surface area contributed by atoms with E-state index in [9.17, 15) is 14.7 Å². The van der Waals surface area contributed by atoms with Crippen molar-refractivity contribution in [2.24, 2.45) is 0 Å². The summed E-state index contributed by atoms with van der Waals surface area (Å²) < 4.78 is 18.8. The van der Waals surface area contributed by atoms with Crippen molar-refractivity contribution in [3.8, 4) is 11.5 Å². The summed E-state index contributed by atoms with van der Waals surface area (Å²) in [6.07, 6.45) is 6.19. The summed E-state index contributed by atoms with van der Waals surface area (Å²) in [4.78, 5) is 26.3. The van der Waals surface area contributed by atoms with Crippen molar-refractivity contribution in [2.75, 3.05) is 26.3 Å². The summed E-state index contributed by atoms with van der Waals surface area (Å²) in [5.74, 6) is -0.0685. The van der Waals surface area contributed by atoms with E-state index in [0.29, 0.717) is 32.1 Å². The van der Waals surface area contributed by atoms with Crippen molar-refractivity contribution in [1.82, 2.24) is 10.6 Å². The standard InChI is InChI=1S/C38H60N2O6Si2/c1-37(2,3)47(7,8)44-25-13-11-23-39-33(42)22-16-28-15-21-32-31(27-28)34(35(46-32)29-17-19-30(41)20-18-29)36(43)40-24-12-14-26-45-48(9,10)38(4,5)6/h15-22,27,34-35,41H,11-14,23-26H2,1-10H3,(H,39,42)(H,40,43)/b22-16+/t34-,35-/m0/s1. The molecule has 8 nitrogen and oxygen atoms in total. The van der Waals surface area contributed by atoms with Gasteiger partial charge in [0.2, 0.25) is 11.8 Å². The first kappa shape index (κ1) is 39.5. The quantitative estimate of drug-likeness (QED) is 0.0924. The Kier molecular flexibility index (Phi) is 13.7. The predicted octanol–water partition coefficient (Wildman–Crippen LogP) is 8.46. The van der Waals surface area contributed by atoms with Gasteiger partial charge in [0.25, 0.3) is 0 Å². The maximum absolute atomic E-state index is 13.7. The minimum atomic E-state index is -1.80. The van der Waals surface area contributed by atoms with Gasteiger partial charge in [-0.1, -0.05) is 59.7 Å². The zero-order valence-corrected chi connectivity index (χ0v) is 33.0. The number of phenolic OH excluding ortho intramolecular Hbond substituents is 1. The molecule has 2 aromatic carbocycles. The fourth-order valence-corrected chi connectivity index (χ4v) is 7.07. The number of aromatic hydroxyl groups is 1. The molecule has 48 heavy (non-hydrogen) atoms. The molecule has 0 aliphatic carbocycles. The van der Waals surface area contributed by atoms with Gasteiger partial charge < -0.3 is 29.3 Å². The van der Waals surface area contributed by atoms with E-state index in [1.54, 1.807) is 30.3 Å². The Bertz CT molecular complexity index is 1390. The second kappa shape index (κ2) is 16.7. The van der Waals surface area contributed by atoms with E-state index in [-0.39, 0.29) is 27.6 Å². The highest BCUT2D eigenvalue weighted by Crippen LogP contribution is 2.47. The number of rotatable bonds is 16. The van der Waals surface area contributed by atoms with Crippen molar-refractivity contribution < 1.29 is 28.3 Å². The van der Waals surface area contributed by atoms with Crippen LogP contribution in [0.3, 0.4) is 0 Å². The number of nitrogens with one attached hydrogen (secondary N) is 2. The van der Waals surface area contributed by atoms with E-state index >= 15 is 0 Å². The van der Waals surface area contributed by atoms with Gasteiger partial charge in [0, 0.05) is 37.9 Å². The van der Waals surface area contributed by atoms with Crippen molar-refractivity contribution in [3.63, 3.8) is 0 Å². The largest absolute Gasteiger partial charge is 0.508 e. The number of amides is 2. The van der Waals surface area contributed by atoms with Crippen LogP contribution < -0.4 is 15.4 Å². The molecule has 0 saturated heterocycles. The zero-order chi connectivity index (χ0) is 35.8. The molecule has 2 atom stereocenters. The van der Waals surface area contributed by atoms with Crippen molar-refractivity contribution in [1.29, 1.82) is 0 Å². The van der Waals surface area contributed by atoms with Gasteiger partial charge >= 0.3 is 0 Å². The molecular formula is C38H60N2O6Si2. The summed E-state index contributed by atoms with van der Waals surface area (Å²) in [6, 6.07) is 12.4. The molecule has 2 aromatic rings. The molecule has 266 valence electrons. The molecule has 0 bridgehead atoms. The summed E-state index contributed by atoms with van der Waals surface area (Å²) in [5.41, 5.74) is 2.39. The minimum Gasteiger partial charge on any atom is -0.508 e. The number of hydrogen-bond donors (Lipinski definition) is 3. The van der Waals surface area contributed by atoms with E-state index in [1.807, 2.05) is 18.2 Å². The lowest BCUT2D eigenvalue weighted by atomic mass is 9.89. The lowest BCUT2D eigenvalue weighted by molar-refractivity contribution is -0.124. The van der Waals surface area contributed by atoms with Gasteiger partial charge in [0.15, 0.2) is 16.6 Å². The summed E-state index contributed by atoms with van der Waals surface area (Å²) in [7, 11) is -3.55. The first-order chi connectivity index (χ1) is 22.3. The third kappa shape index (κ3) is 11.0. The molecule has 0 saturated carbocycles. The van der Waals surface area contributed by atoms with Gasteiger partial charge in [-0.2, -0.15) is 0 Å². The Morgan fingerprint density at radius 2 is 1.35 bits per heavy atom. The first-order valence-corrected chi connectivity index (χ1v) is 23.3. The van der Waals surface area contributed by atoms with Gasteiger partial charge in [0.05, 0.1) is 0 Å². The second-order valence-corrected chi connectivity index (χ2v) is 25.6. The third-order valence-electron chi connectivity index (χ3n) is 10.1. The average Bonchev–Trinajstić information content (AvgIpc) is 3.37. The lowest BCUT2D eigenvalue weighted by Gasteiger charge is -2.36. The molecule has 0 radical (unpaired) electrons. The maximum Gasteiger partial charge on any atom is 0.243 e. The normalized spacial score (nSPS) is 16.9. The number of carbonyl (C=O) groups excluding carboxylic acids is 2. The molecule has 1 aliphatic rings. The number of phenols is 1. The molecule has 1 aliphatic heterocycles. The molecular weight excluding hydrogens is 637 g/mol. The SMILES string of the molecule is CC(C)(C)[Si](C)(C)OCCCCNC(=O)/C=C/c1ccc2c(c1)[C@H](C(=O)NCCCCO[Si](C)(C)C(C)(C)C)[C@H](c1ccc(O)cc1)O2. The highest BCUT2D eigenvalue weighted by molar-refractivity contribution is 6.74. The van der Waals surface area contributed by atoms with Gasteiger partial charge in [0.1, 0.15) is 23.5 Å². The molecule has 3 rings (SSSR count). The highest BCUT2D eigenvalue weighted by Gasteiger charge is 2.41. The second-order valence-electron chi connectivity index (χ2n) is 16.0. The number of hydrogen-bond acceptors (Lipinski definition) is 6. The van der Waals surface area contributed by atoms with E-state index in [4.69, 9.17) is 13.6 Å². The fraction of sp³-hybridized carbons (Fsp3) is 0.579. The Balaban J connectivity index is 1.59. The van der Waals surface area contributed by atoms with Crippen LogP contribution in [0.1, 0.15) is 95.9 Å². The Morgan fingerprint density at radius 3 is 1.90 bits per heavy atom. The number of carbonyl (C=O) groups is 2. The number of fused-ring (bicyclic) bond motifs is 1. The van der Waals surface area contributed by atoms with Crippen molar-refractivity contribution in [2.45, 2.75) is 116 Å². The molecule has 0 aromatic heterocycles. The van der Waals surface area contributed by atoms with Crippen molar-refractivity contribution in [3.05, 3.63) is 65.2 Å². The van der Waals surface area contributed by atoms with Crippen molar-refractivity contribution >= 4 is 34.5 Å². The van der Waals surface area contributed by atoms with Gasteiger partial charge in [-0.05, 0) is 103 Å². The highest BCUT2D eigenvalue weighted by atomic mass is 28.4. The van der Waals surface area contributed by atoms with E-state index in [0.717, 1.165) is 42.4 Å². The minimum absolute atomic E-state index is 0.117. The topological polar surface area (TPSA) is 106 Å². The Morgan fingerprint density at radius 1 is 0.812 bits per heavy atom. The fourth-order valence-electron chi connectivity index (χ4n) is 4.90. The molecule has 3 N–H and O–H groups in total.